The minimum absolute atomic E-state index is 0.00523. The highest BCUT2D eigenvalue weighted by molar-refractivity contribution is 6.02. The van der Waals surface area contributed by atoms with E-state index in [0.717, 1.165) is 27.9 Å². The summed E-state index contributed by atoms with van der Waals surface area (Å²) in [5.74, 6) is 0.718. The molecule has 1 unspecified atom stereocenters. The number of benzene rings is 1. The van der Waals surface area contributed by atoms with Gasteiger partial charge in [0.05, 0.1) is 7.11 Å². The van der Waals surface area contributed by atoms with Crippen LogP contribution in [-0.2, 0) is 13.5 Å². The van der Waals surface area contributed by atoms with E-state index in [1.165, 1.54) is 0 Å². The minimum atomic E-state index is -0.0707. The zero-order chi connectivity index (χ0) is 18.0. The van der Waals surface area contributed by atoms with Crippen LogP contribution in [0.15, 0.2) is 42.6 Å². The highest BCUT2D eigenvalue weighted by Gasteiger charge is 2.20. The fourth-order valence-electron chi connectivity index (χ4n) is 3.23. The quantitative estimate of drug-likeness (QED) is 0.777. The lowest BCUT2D eigenvalue weighted by molar-refractivity contribution is 0.0931. The summed E-state index contributed by atoms with van der Waals surface area (Å²) in [6, 6.07) is 11.7. The zero-order valence-electron chi connectivity index (χ0n) is 15.0. The minimum Gasteiger partial charge on any atom is -0.497 e. The molecule has 2 heterocycles. The third kappa shape index (κ3) is 3.36. The van der Waals surface area contributed by atoms with Gasteiger partial charge in [-0.1, -0.05) is 6.07 Å². The van der Waals surface area contributed by atoms with Gasteiger partial charge in [-0.2, -0.15) is 0 Å². The average Bonchev–Trinajstić information content (AvgIpc) is 2.86. The van der Waals surface area contributed by atoms with E-state index in [9.17, 15) is 4.79 Å². The summed E-state index contributed by atoms with van der Waals surface area (Å²) in [6.07, 6.45) is 2.47. The molecule has 3 rings (SSSR count). The number of rotatable bonds is 5. The number of carbonyl (C=O) groups is 1. The number of hydrogen-bond acceptors (Lipinski definition) is 3. The van der Waals surface area contributed by atoms with Crippen molar-refractivity contribution < 1.29 is 9.53 Å². The highest BCUT2D eigenvalue weighted by atomic mass is 16.5. The molecule has 0 saturated heterocycles. The molecular formula is C20H23N3O2. The van der Waals surface area contributed by atoms with Crippen molar-refractivity contribution in [3.63, 3.8) is 0 Å². The van der Waals surface area contributed by atoms with Crippen molar-refractivity contribution >= 4 is 16.8 Å². The molecule has 1 atom stereocenters. The van der Waals surface area contributed by atoms with Crippen molar-refractivity contribution in [1.82, 2.24) is 14.9 Å². The largest absolute Gasteiger partial charge is 0.497 e. The standard InChI is InChI=1S/C20H23N3O2/c1-13(11-15-7-5-6-10-21-15)22-20(24)19-14(2)17-12-16(25-4)8-9-18(17)23(19)3/h5-10,12-13H,11H2,1-4H3,(H,22,24). The number of nitrogens with zero attached hydrogens (tertiary/aromatic N) is 2. The highest BCUT2D eigenvalue weighted by Crippen LogP contribution is 2.28. The number of hydrogen-bond donors (Lipinski definition) is 1. The van der Waals surface area contributed by atoms with Crippen LogP contribution in [-0.4, -0.2) is 28.6 Å². The van der Waals surface area contributed by atoms with Crippen LogP contribution >= 0.6 is 0 Å². The van der Waals surface area contributed by atoms with Gasteiger partial charge in [0.1, 0.15) is 11.4 Å². The molecule has 0 spiro atoms. The molecule has 0 radical (unpaired) electrons. The van der Waals surface area contributed by atoms with Crippen LogP contribution in [0.2, 0.25) is 0 Å². The molecule has 0 saturated carbocycles. The maximum atomic E-state index is 12.8. The number of amides is 1. The second-order valence-corrected chi connectivity index (χ2v) is 6.32. The third-order valence-corrected chi connectivity index (χ3v) is 4.49. The normalized spacial score (nSPS) is 12.2. The summed E-state index contributed by atoms with van der Waals surface area (Å²) in [5, 5.41) is 4.12. The van der Waals surface area contributed by atoms with Crippen LogP contribution < -0.4 is 10.1 Å². The van der Waals surface area contributed by atoms with E-state index < -0.39 is 0 Å². The molecule has 25 heavy (non-hydrogen) atoms. The predicted molar refractivity (Wildman–Crippen MR) is 99.1 cm³/mol. The Morgan fingerprint density at radius 1 is 1.32 bits per heavy atom. The predicted octanol–water partition coefficient (Wildman–Crippen LogP) is 3.25. The Labute approximate surface area is 147 Å². The Morgan fingerprint density at radius 3 is 2.80 bits per heavy atom. The smallest absolute Gasteiger partial charge is 0.268 e. The molecule has 1 aromatic carbocycles. The van der Waals surface area contributed by atoms with Crippen LogP contribution in [0.1, 0.15) is 28.7 Å². The summed E-state index contributed by atoms with van der Waals surface area (Å²) >= 11 is 0. The first kappa shape index (κ1) is 17.0. The number of aromatic nitrogens is 2. The summed E-state index contributed by atoms with van der Waals surface area (Å²) < 4.78 is 7.24. The average molecular weight is 337 g/mol. The van der Waals surface area contributed by atoms with Crippen molar-refractivity contribution in [2.45, 2.75) is 26.3 Å². The van der Waals surface area contributed by atoms with Gasteiger partial charge in [0.2, 0.25) is 0 Å². The van der Waals surface area contributed by atoms with Gasteiger partial charge < -0.3 is 14.6 Å². The Kier molecular flexibility index (Phi) is 4.74. The number of carbonyl (C=O) groups excluding carboxylic acids is 1. The molecule has 5 heteroatoms. The van der Waals surface area contributed by atoms with Gasteiger partial charge in [0, 0.05) is 42.3 Å². The number of ether oxygens (including phenoxy) is 1. The Balaban J connectivity index is 1.84. The first-order valence-corrected chi connectivity index (χ1v) is 8.35. The molecule has 0 aliphatic heterocycles. The molecule has 0 aliphatic carbocycles. The van der Waals surface area contributed by atoms with E-state index in [4.69, 9.17) is 4.74 Å². The van der Waals surface area contributed by atoms with Gasteiger partial charge in [-0.15, -0.1) is 0 Å². The molecule has 1 amide bonds. The zero-order valence-corrected chi connectivity index (χ0v) is 15.0. The maximum absolute atomic E-state index is 12.8. The number of pyridine rings is 1. The van der Waals surface area contributed by atoms with Crippen LogP contribution in [0.25, 0.3) is 10.9 Å². The maximum Gasteiger partial charge on any atom is 0.268 e. The van der Waals surface area contributed by atoms with Crippen molar-refractivity contribution in [1.29, 1.82) is 0 Å². The van der Waals surface area contributed by atoms with E-state index in [1.54, 1.807) is 13.3 Å². The van der Waals surface area contributed by atoms with Gasteiger partial charge in [0.15, 0.2) is 0 Å². The van der Waals surface area contributed by atoms with Crippen LogP contribution in [0, 0.1) is 6.92 Å². The van der Waals surface area contributed by atoms with E-state index in [-0.39, 0.29) is 11.9 Å². The lowest BCUT2D eigenvalue weighted by Gasteiger charge is -2.14. The number of fused-ring (bicyclic) bond motifs is 1. The summed E-state index contributed by atoms with van der Waals surface area (Å²) in [7, 11) is 3.56. The van der Waals surface area contributed by atoms with Crippen LogP contribution in [0.4, 0.5) is 0 Å². The molecular weight excluding hydrogens is 314 g/mol. The molecule has 1 N–H and O–H groups in total. The van der Waals surface area contributed by atoms with Gasteiger partial charge >= 0.3 is 0 Å². The molecule has 0 aliphatic rings. The molecule has 0 bridgehead atoms. The molecule has 130 valence electrons. The Bertz CT molecular complexity index is 900. The van der Waals surface area contributed by atoms with Crippen molar-refractivity contribution in [2.75, 3.05) is 7.11 Å². The van der Waals surface area contributed by atoms with Crippen molar-refractivity contribution in [3.8, 4) is 5.75 Å². The van der Waals surface area contributed by atoms with E-state index in [0.29, 0.717) is 12.1 Å². The lowest BCUT2D eigenvalue weighted by Crippen LogP contribution is -2.35. The van der Waals surface area contributed by atoms with Crippen LogP contribution in [0.5, 0.6) is 5.75 Å². The van der Waals surface area contributed by atoms with Crippen molar-refractivity contribution in [2.24, 2.45) is 7.05 Å². The van der Waals surface area contributed by atoms with Gasteiger partial charge in [0.25, 0.3) is 5.91 Å². The first-order chi connectivity index (χ1) is 12.0. The van der Waals surface area contributed by atoms with Gasteiger partial charge in [-0.3, -0.25) is 9.78 Å². The fourth-order valence-corrected chi connectivity index (χ4v) is 3.23. The van der Waals surface area contributed by atoms with E-state index in [2.05, 4.69) is 10.3 Å². The van der Waals surface area contributed by atoms with Gasteiger partial charge in [-0.05, 0) is 49.7 Å². The lowest BCUT2D eigenvalue weighted by atomic mass is 10.1. The monoisotopic (exact) mass is 337 g/mol. The summed E-state index contributed by atoms with van der Waals surface area (Å²) in [4.78, 5) is 17.1. The van der Waals surface area contributed by atoms with Crippen LogP contribution in [0.3, 0.4) is 0 Å². The topological polar surface area (TPSA) is 56.1 Å². The van der Waals surface area contributed by atoms with Gasteiger partial charge in [-0.25, -0.2) is 0 Å². The number of methoxy groups -OCH3 is 1. The van der Waals surface area contributed by atoms with E-state index >= 15 is 0 Å². The van der Waals surface area contributed by atoms with Crippen molar-refractivity contribution in [3.05, 3.63) is 59.5 Å². The molecule has 2 aromatic heterocycles. The number of nitrogens with one attached hydrogen (secondary N) is 1. The summed E-state index contributed by atoms with van der Waals surface area (Å²) in [6.45, 7) is 3.97. The van der Waals surface area contributed by atoms with E-state index in [1.807, 2.05) is 61.9 Å². The fraction of sp³-hybridized carbons (Fsp3) is 0.300. The molecule has 0 fully saturated rings. The molecule has 3 aromatic rings. The first-order valence-electron chi connectivity index (χ1n) is 8.35. The summed E-state index contributed by atoms with van der Waals surface area (Å²) in [5.41, 5.74) is 3.62. The second-order valence-electron chi connectivity index (χ2n) is 6.32. The Morgan fingerprint density at radius 2 is 2.12 bits per heavy atom. The molecule has 5 nitrogen and oxygen atoms in total. The second kappa shape index (κ2) is 6.97. The number of aryl methyl sites for hydroxylation is 2. The third-order valence-electron chi connectivity index (χ3n) is 4.49. The SMILES string of the molecule is COc1ccc2c(c1)c(C)c(C(=O)NC(C)Cc1ccccn1)n2C. The Hall–Kier alpha value is -2.82.